The van der Waals surface area contributed by atoms with E-state index < -0.39 is 0 Å². The molecule has 2 aromatic heterocycles. The molecule has 0 aliphatic rings. The fourth-order valence-corrected chi connectivity index (χ4v) is 7.38. The van der Waals surface area contributed by atoms with Gasteiger partial charge in [0.25, 0.3) is 0 Å². The maximum atomic E-state index is 5.54. The van der Waals surface area contributed by atoms with Gasteiger partial charge >= 0.3 is 0 Å². The molecule has 0 aliphatic heterocycles. The second-order valence-electron chi connectivity index (χ2n) is 9.48. The molecule has 4 aromatic carbocycles. The van der Waals surface area contributed by atoms with Crippen molar-refractivity contribution in [2.45, 2.75) is 13.1 Å². The largest absolute Gasteiger partial charge is 0.497 e. The summed E-state index contributed by atoms with van der Waals surface area (Å²) in [5, 5.41) is 4.92. The molecule has 0 spiro atoms. The average molecular weight is 573 g/mol. The zero-order chi connectivity index (χ0) is 27.6. The molecule has 0 saturated carbocycles. The van der Waals surface area contributed by atoms with Gasteiger partial charge in [-0.2, -0.15) is 0 Å². The van der Waals surface area contributed by atoms with Gasteiger partial charge in [0.2, 0.25) is 0 Å². The zero-order valence-electron chi connectivity index (χ0n) is 23.1. The first-order valence-corrected chi connectivity index (χ1v) is 15.7. The predicted molar refractivity (Wildman–Crippen MR) is 170 cm³/mol. The fourth-order valence-electron chi connectivity index (χ4n) is 5.47. The van der Waals surface area contributed by atoms with Gasteiger partial charge in [-0.25, -0.2) is 0 Å². The standard InChI is InChI=1S/C32H32N2O4S2/c1-35-21-5-9-25-26-10-6-22(36-2)18-30(26)33(29(25)17-21)13-15-39-40-16-14-34-31-19-23(37-3)7-11-27(31)28-12-8-24(38-4)20-32(28)34/h5-12,17-20H,13-16H2,1-4H3. The van der Waals surface area contributed by atoms with Crippen molar-refractivity contribution in [1.82, 2.24) is 9.13 Å². The molecule has 0 aliphatic carbocycles. The highest BCUT2D eigenvalue weighted by atomic mass is 33.1. The van der Waals surface area contributed by atoms with E-state index in [2.05, 4.69) is 57.7 Å². The van der Waals surface area contributed by atoms with E-state index in [0.29, 0.717) is 0 Å². The predicted octanol–water partition coefficient (Wildman–Crippen LogP) is 8.02. The Bertz CT molecular complexity index is 1570. The van der Waals surface area contributed by atoms with Gasteiger partial charge in [0.15, 0.2) is 0 Å². The molecule has 0 fully saturated rings. The van der Waals surface area contributed by atoms with Crippen LogP contribution in [0.3, 0.4) is 0 Å². The summed E-state index contributed by atoms with van der Waals surface area (Å²) in [5.74, 6) is 5.42. The number of rotatable bonds is 11. The third-order valence-corrected chi connectivity index (χ3v) is 9.81. The van der Waals surface area contributed by atoms with E-state index in [4.69, 9.17) is 18.9 Å². The second-order valence-corrected chi connectivity index (χ2v) is 12.2. The van der Waals surface area contributed by atoms with Crippen LogP contribution in [0.2, 0.25) is 0 Å². The lowest BCUT2D eigenvalue weighted by molar-refractivity contribution is 0.415. The minimum absolute atomic E-state index is 0.866. The van der Waals surface area contributed by atoms with Crippen LogP contribution in [0, 0.1) is 0 Å². The van der Waals surface area contributed by atoms with Gasteiger partial charge < -0.3 is 28.1 Å². The molecule has 6 aromatic rings. The Morgan fingerprint density at radius 3 is 0.975 bits per heavy atom. The molecule has 0 bridgehead atoms. The smallest absolute Gasteiger partial charge is 0.120 e. The third kappa shape index (κ3) is 4.80. The second kappa shape index (κ2) is 11.5. The van der Waals surface area contributed by atoms with E-state index in [1.165, 1.54) is 43.6 Å². The molecule has 8 heteroatoms. The molecule has 0 amide bonds. The van der Waals surface area contributed by atoms with Gasteiger partial charge in [0.05, 0.1) is 50.5 Å². The lowest BCUT2D eigenvalue weighted by atomic mass is 10.1. The van der Waals surface area contributed by atoms with Crippen molar-refractivity contribution in [3.8, 4) is 23.0 Å². The molecule has 40 heavy (non-hydrogen) atoms. The van der Waals surface area contributed by atoms with Crippen molar-refractivity contribution in [2.75, 3.05) is 39.9 Å². The van der Waals surface area contributed by atoms with Crippen LogP contribution in [0.15, 0.2) is 72.8 Å². The minimum Gasteiger partial charge on any atom is -0.497 e. The van der Waals surface area contributed by atoms with Crippen molar-refractivity contribution in [2.24, 2.45) is 0 Å². The summed E-state index contributed by atoms with van der Waals surface area (Å²) in [5.41, 5.74) is 4.73. The van der Waals surface area contributed by atoms with Gasteiger partial charge in [-0.3, -0.25) is 0 Å². The summed E-state index contributed by atoms with van der Waals surface area (Å²) in [4.78, 5) is 0. The van der Waals surface area contributed by atoms with Crippen LogP contribution in [-0.4, -0.2) is 49.1 Å². The number of nitrogens with zero attached hydrogens (tertiary/aromatic N) is 2. The van der Waals surface area contributed by atoms with Gasteiger partial charge in [0.1, 0.15) is 23.0 Å². The van der Waals surface area contributed by atoms with Gasteiger partial charge in [-0.15, -0.1) is 0 Å². The summed E-state index contributed by atoms with van der Waals surface area (Å²) in [6, 6.07) is 25.2. The fraction of sp³-hybridized carbons (Fsp3) is 0.250. The molecule has 206 valence electrons. The number of aromatic nitrogens is 2. The highest BCUT2D eigenvalue weighted by Gasteiger charge is 2.14. The van der Waals surface area contributed by atoms with Crippen LogP contribution in [0.5, 0.6) is 23.0 Å². The summed E-state index contributed by atoms with van der Waals surface area (Å²) < 4.78 is 26.9. The summed E-state index contributed by atoms with van der Waals surface area (Å²) in [6.45, 7) is 1.78. The van der Waals surface area contributed by atoms with Crippen LogP contribution in [0.25, 0.3) is 43.6 Å². The number of hydrogen-bond acceptors (Lipinski definition) is 6. The van der Waals surface area contributed by atoms with Gasteiger partial charge in [-0.05, 0) is 48.5 Å². The number of benzene rings is 4. The maximum absolute atomic E-state index is 5.54. The van der Waals surface area contributed by atoms with E-state index in [1.807, 2.05) is 45.9 Å². The average Bonchev–Trinajstić information content (AvgIpc) is 3.48. The molecule has 6 nitrogen and oxygen atoms in total. The van der Waals surface area contributed by atoms with Crippen LogP contribution >= 0.6 is 21.6 Å². The van der Waals surface area contributed by atoms with Crippen LogP contribution < -0.4 is 18.9 Å². The van der Waals surface area contributed by atoms with Crippen molar-refractivity contribution >= 4 is 65.2 Å². The molecule has 2 heterocycles. The number of aryl methyl sites for hydroxylation is 2. The number of hydrogen-bond donors (Lipinski definition) is 0. The third-order valence-electron chi connectivity index (χ3n) is 7.44. The Labute approximate surface area is 241 Å². The number of methoxy groups -OCH3 is 4. The normalized spacial score (nSPS) is 11.6. The summed E-state index contributed by atoms with van der Waals surface area (Å²) >= 11 is 0. The van der Waals surface area contributed by atoms with Gasteiger partial charge in [0, 0.05) is 70.4 Å². The zero-order valence-corrected chi connectivity index (χ0v) is 24.7. The number of ether oxygens (including phenoxy) is 4. The SMILES string of the molecule is COc1ccc2c3ccc(OC)cc3n(CCSSCCn3c4cc(OC)ccc4c4ccc(OC)cc43)c2c1. The lowest BCUT2D eigenvalue weighted by Gasteiger charge is -2.10. The number of fused-ring (bicyclic) bond motifs is 6. The van der Waals surface area contributed by atoms with Crippen molar-refractivity contribution in [3.05, 3.63) is 72.8 Å². The molecule has 0 radical (unpaired) electrons. The molecule has 0 N–H and O–H groups in total. The Morgan fingerprint density at radius 1 is 0.450 bits per heavy atom. The summed E-state index contributed by atoms with van der Waals surface area (Å²) in [7, 11) is 10.7. The van der Waals surface area contributed by atoms with Crippen LogP contribution in [0.4, 0.5) is 0 Å². The van der Waals surface area contributed by atoms with Crippen molar-refractivity contribution in [1.29, 1.82) is 0 Å². The molecule has 0 atom stereocenters. The molecule has 0 unspecified atom stereocenters. The Kier molecular flexibility index (Phi) is 7.63. The molecule has 0 saturated heterocycles. The first kappa shape index (κ1) is 26.6. The molecule has 6 rings (SSSR count). The summed E-state index contributed by atoms with van der Waals surface area (Å²) in [6.07, 6.45) is 0. The van der Waals surface area contributed by atoms with E-state index in [-0.39, 0.29) is 0 Å². The maximum Gasteiger partial charge on any atom is 0.120 e. The molecular formula is C32H32N2O4S2. The van der Waals surface area contributed by atoms with Crippen LogP contribution in [-0.2, 0) is 13.1 Å². The first-order valence-electron chi connectivity index (χ1n) is 13.2. The van der Waals surface area contributed by atoms with E-state index >= 15 is 0 Å². The Balaban J connectivity index is 1.19. The lowest BCUT2D eigenvalue weighted by Crippen LogP contribution is -2.02. The highest BCUT2D eigenvalue weighted by molar-refractivity contribution is 8.76. The highest BCUT2D eigenvalue weighted by Crippen LogP contribution is 2.36. The van der Waals surface area contributed by atoms with E-state index in [1.54, 1.807) is 28.4 Å². The quantitative estimate of drug-likeness (QED) is 0.116. The van der Waals surface area contributed by atoms with E-state index in [9.17, 15) is 0 Å². The Morgan fingerprint density at radius 2 is 0.725 bits per heavy atom. The minimum atomic E-state index is 0.866. The Hall–Kier alpha value is -3.62. The monoisotopic (exact) mass is 572 g/mol. The first-order chi connectivity index (χ1) is 19.6. The van der Waals surface area contributed by atoms with Crippen molar-refractivity contribution in [3.63, 3.8) is 0 Å². The van der Waals surface area contributed by atoms with E-state index in [0.717, 1.165) is 47.6 Å². The molecular weight excluding hydrogens is 540 g/mol. The topological polar surface area (TPSA) is 46.8 Å². The van der Waals surface area contributed by atoms with Gasteiger partial charge in [-0.1, -0.05) is 21.6 Å². The van der Waals surface area contributed by atoms with Crippen LogP contribution in [0.1, 0.15) is 0 Å². The van der Waals surface area contributed by atoms with Crippen molar-refractivity contribution < 1.29 is 18.9 Å².